The van der Waals surface area contributed by atoms with E-state index in [0.29, 0.717) is 24.2 Å². The van der Waals surface area contributed by atoms with Crippen LogP contribution in [0.5, 0.6) is 0 Å². The summed E-state index contributed by atoms with van der Waals surface area (Å²) in [6.45, 7) is 5.95. The molecule has 34 heavy (non-hydrogen) atoms. The third kappa shape index (κ3) is 5.53. The first-order chi connectivity index (χ1) is 16.2. The predicted molar refractivity (Wildman–Crippen MR) is 134 cm³/mol. The number of carbonyl (C=O) groups excluding carboxylic acids is 3. The molecule has 3 N–H and O–H groups in total. The molecular formula is C27H34N4O3. The first-order valence-corrected chi connectivity index (χ1v) is 11.8. The second-order valence-corrected chi connectivity index (χ2v) is 9.20. The summed E-state index contributed by atoms with van der Waals surface area (Å²) < 4.78 is 0. The number of benzene rings is 2. The molecule has 1 aliphatic heterocycles. The molecule has 3 rings (SSSR count). The van der Waals surface area contributed by atoms with Gasteiger partial charge >= 0.3 is 0 Å². The minimum Gasteiger partial charge on any atom is -0.369 e. The van der Waals surface area contributed by atoms with E-state index in [0.717, 1.165) is 17.5 Å². The fourth-order valence-electron chi connectivity index (χ4n) is 4.50. The molecule has 3 amide bonds. The first-order valence-electron chi connectivity index (χ1n) is 11.8. The van der Waals surface area contributed by atoms with Gasteiger partial charge in [0.1, 0.15) is 0 Å². The van der Waals surface area contributed by atoms with E-state index in [1.807, 2.05) is 75.4 Å². The van der Waals surface area contributed by atoms with Crippen molar-refractivity contribution in [3.63, 3.8) is 0 Å². The van der Waals surface area contributed by atoms with E-state index < -0.39 is 23.9 Å². The standard InChI is InChI=1S/C27H34N4O3/c1-5-11-19(24(28)32)21(16-17(2)3)26(33)30-25-27(34)31(4)22-15-10-9-14-20(22)23(29-25)18-12-7-6-8-13-18/h6-10,12-15,17,19,21,25H,5,11,16H2,1-4H3,(H2,28,32)(H,30,33)/t19-,21-,25?/m0/s1. The van der Waals surface area contributed by atoms with Crippen LogP contribution in [0.4, 0.5) is 5.69 Å². The van der Waals surface area contributed by atoms with Gasteiger partial charge in [0.05, 0.1) is 11.4 Å². The van der Waals surface area contributed by atoms with Gasteiger partial charge in [0, 0.05) is 30.0 Å². The van der Waals surface area contributed by atoms with Crippen LogP contribution in [-0.4, -0.2) is 36.6 Å². The predicted octanol–water partition coefficient (Wildman–Crippen LogP) is 3.51. The zero-order valence-electron chi connectivity index (χ0n) is 20.3. The number of aliphatic imine (C=N–C) groups is 1. The Bertz CT molecular complexity index is 1060. The first kappa shape index (κ1) is 25.1. The molecule has 1 aliphatic rings. The van der Waals surface area contributed by atoms with E-state index >= 15 is 0 Å². The van der Waals surface area contributed by atoms with Crippen LogP contribution in [0.3, 0.4) is 0 Å². The van der Waals surface area contributed by atoms with Crippen LogP contribution in [0, 0.1) is 17.8 Å². The van der Waals surface area contributed by atoms with Crippen molar-refractivity contribution in [2.75, 3.05) is 11.9 Å². The summed E-state index contributed by atoms with van der Waals surface area (Å²) in [4.78, 5) is 45.4. The SMILES string of the molecule is CCC[C@H](C(N)=O)[C@H](CC(C)C)C(=O)NC1N=C(c2ccccc2)c2ccccc2N(C)C1=O. The minimum absolute atomic E-state index is 0.176. The number of primary amides is 1. The summed E-state index contributed by atoms with van der Waals surface area (Å²) in [5.41, 5.74) is 8.67. The van der Waals surface area contributed by atoms with Gasteiger partial charge in [-0.05, 0) is 24.8 Å². The van der Waals surface area contributed by atoms with Gasteiger partial charge in [-0.2, -0.15) is 0 Å². The Morgan fingerprint density at radius 2 is 1.71 bits per heavy atom. The van der Waals surface area contributed by atoms with Gasteiger partial charge in [0.15, 0.2) is 0 Å². The third-order valence-corrected chi connectivity index (χ3v) is 6.18. The molecule has 0 spiro atoms. The van der Waals surface area contributed by atoms with Crippen LogP contribution in [-0.2, 0) is 14.4 Å². The van der Waals surface area contributed by atoms with Crippen molar-refractivity contribution in [2.45, 2.75) is 46.2 Å². The lowest BCUT2D eigenvalue weighted by Crippen LogP contribution is -2.50. The van der Waals surface area contributed by atoms with E-state index in [4.69, 9.17) is 10.7 Å². The number of rotatable bonds is 9. The lowest BCUT2D eigenvalue weighted by atomic mass is 9.81. The minimum atomic E-state index is -1.12. The quantitative estimate of drug-likeness (QED) is 0.596. The highest BCUT2D eigenvalue weighted by molar-refractivity contribution is 6.20. The van der Waals surface area contributed by atoms with Gasteiger partial charge in [0.25, 0.3) is 5.91 Å². The van der Waals surface area contributed by atoms with Crippen molar-refractivity contribution in [1.82, 2.24) is 5.32 Å². The summed E-state index contributed by atoms with van der Waals surface area (Å²) in [6.07, 6.45) is 0.616. The van der Waals surface area contributed by atoms with Crippen molar-refractivity contribution in [3.05, 3.63) is 65.7 Å². The Labute approximate surface area is 201 Å². The number of carbonyl (C=O) groups is 3. The maximum atomic E-state index is 13.5. The molecule has 7 nitrogen and oxygen atoms in total. The Morgan fingerprint density at radius 1 is 1.06 bits per heavy atom. The molecule has 0 aromatic heterocycles. The topological polar surface area (TPSA) is 105 Å². The van der Waals surface area contributed by atoms with E-state index in [9.17, 15) is 14.4 Å². The number of anilines is 1. The zero-order chi connectivity index (χ0) is 24.8. The number of hydrogen-bond donors (Lipinski definition) is 2. The van der Waals surface area contributed by atoms with Gasteiger partial charge in [-0.3, -0.25) is 14.4 Å². The van der Waals surface area contributed by atoms with E-state index in [2.05, 4.69) is 5.32 Å². The molecule has 1 unspecified atom stereocenters. The second-order valence-electron chi connectivity index (χ2n) is 9.20. The van der Waals surface area contributed by atoms with Gasteiger partial charge in [-0.1, -0.05) is 75.7 Å². The van der Waals surface area contributed by atoms with E-state index in [1.54, 1.807) is 7.05 Å². The molecule has 0 bridgehead atoms. The molecule has 0 saturated heterocycles. The van der Waals surface area contributed by atoms with Crippen LogP contribution in [0.2, 0.25) is 0 Å². The van der Waals surface area contributed by atoms with Crippen LogP contribution in [0.25, 0.3) is 0 Å². The molecule has 2 aromatic rings. The number of hydrogen-bond acceptors (Lipinski definition) is 4. The lowest BCUT2D eigenvalue weighted by Gasteiger charge is -2.27. The van der Waals surface area contributed by atoms with E-state index in [1.165, 1.54) is 4.90 Å². The van der Waals surface area contributed by atoms with Crippen molar-refractivity contribution in [3.8, 4) is 0 Å². The largest absolute Gasteiger partial charge is 0.369 e. The molecule has 0 aliphatic carbocycles. The molecule has 1 heterocycles. The number of benzodiazepines with no additional fused rings is 1. The van der Waals surface area contributed by atoms with Crippen molar-refractivity contribution >= 4 is 29.1 Å². The van der Waals surface area contributed by atoms with Crippen molar-refractivity contribution in [2.24, 2.45) is 28.5 Å². The molecule has 0 radical (unpaired) electrons. The number of fused-ring (bicyclic) bond motifs is 1. The van der Waals surface area contributed by atoms with Gasteiger partial charge < -0.3 is 16.0 Å². The fourth-order valence-corrected chi connectivity index (χ4v) is 4.50. The normalized spacial score (nSPS) is 17.4. The van der Waals surface area contributed by atoms with Crippen molar-refractivity contribution in [1.29, 1.82) is 0 Å². The Kier molecular flexibility index (Phi) is 8.21. The molecule has 0 saturated carbocycles. The summed E-state index contributed by atoms with van der Waals surface area (Å²) >= 11 is 0. The number of nitrogens with two attached hydrogens (primary N) is 1. The smallest absolute Gasteiger partial charge is 0.272 e. The summed E-state index contributed by atoms with van der Waals surface area (Å²) in [6, 6.07) is 17.1. The molecule has 0 fully saturated rings. The zero-order valence-corrected chi connectivity index (χ0v) is 20.3. The number of nitrogens with zero attached hydrogens (tertiary/aromatic N) is 2. The van der Waals surface area contributed by atoms with Crippen LogP contribution in [0.15, 0.2) is 59.6 Å². The highest BCUT2D eigenvalue weighted by Gasteiger charge is 2.36. The van der Waals surface area contributed by atoms with Crippen molar-refractivity contribution < 1.29 is 14.4 Å². The maximum Gasteiger partial charge on any atom is 0.272 e. The molecule has 7 heteroatoms. The van der Waals surface area contributed by atoms with Crippen LogP contribution < -0.4 is 16.0 Å². The Morgan fingerprint density at radius 3 is 2.32 bits per heavy atom. The highest BCUT2D eigenvalue weighted by Crippen LogP contribution is 2.29. The fraction of sp³-hybridized carbons (Fsp3) is 0.407. The number of amides is 3. The van der Waals surface area contributed by atoms with Gasteiger partial charge in [-0.15, -0.1) is 0 Å². The summed E-state index contributed by atoms with van der Waals surface area (Å²) in [5, 5.41) is 2.85. The average molecular weight is 463 g/mol. The van der Waals surface area contributed by atoms with Gasteiger partial charge in [-0.25, -0.2) is 4.99 Å². The maximum absolute atomic E-state index is 13.5. The highest BCUT2D eigenvalue weighted by atomic mass is 16.2. The Balaban J connectivity index is 2.02. The molecular weight excluding hydrogens is 428 g/mol. The van der Waals surface area contributed by atoms with Crippen LogP contribution in [0.1, 0.15) is 51.2 Å². The van der Waals surface area contributed by atoms with Gasteiger partial charge in [0.2, 0.25) is 18.0 Å². The molecule has 180 valence electrons. The third-order valence-electron chi connectivity index (χ3n) is 6.18. The summed E-state index contributed by atoms with van der Waals surface area (Å²) in [5.74, 6) is -2.26. The average Bonchev–Trinajstić information content (AvgIpc) is 2.92. The lowest BCUT2D eigenvalue weighted by molar-refractivity contribution is -0.136. The summed E-state index contributed by atoms with van der Waals surface area (Å²) in [7, 11) is 1.68. The monoisotopic (exact) mass is 462 g/mol. The Hall–Kier alpha value is -3.48. The number of para-hydroxylation sites is 1. The number of nitrogens with one attached hydrogen (secondary N) is 1. The second kappa shape index (κ2) is 11.1. The number of likely N-dealkylation sites (N-methyl/N-ethyl adjacent to an activating group) is 1. The molecule has 3 atom stereocenters. The molecule has 2 aromatic carbocycles. The van der Waals surface area contributed by atoms with Crippen LogP contribution >= 0.6 is 0 Å². The van der Waals surface area contributed by atoms with E-state index in [-0.39, 0.29) is 17.7 Å².